The largest absolute Gasteiger partial charge is 0.465 e. The van der Waals surface area contributed by atoms with Gasteiger partial charge in [0.05, 0.1) is 13.2 Å². The Labute approximate surface area is 128 Å². The maximum absolute atomic E-state index is 11.3. The molecule has 0 N–H and O–H groups in total. The van der Waals surface area contributed by atoms with Crippen molar-refractivity contribution >= 4 is 31.8 Å². The van der Waals surface area contributed by atoms with E-state index < -0.39 is 45.0 Å². The second kappa shape index (κ2) is 12.0. The number of hydrogen-bond donors (Lipinski definition) is 0. The summed E-state index contributed by atoms with van der Waals surface area (Å²) >= 11 is 0. The number of ether oxygens (including phenoxy) is 2. The smallest absolute Gasteiger partial charge is 0.319 e. The molecule has 0 amide bonds. The molecular formula is C12H19O9P. The Balaban J connectivity index is 3.68. The number of esters is 2. The van der Waals surface area contributed by atoms with Crippen LogP contribution >= 0.6 is 8.25 Å². The van der Waals surface area contributed by atoms with Gasteiger partial charge in [-0.05, 0) is 0 Å². The Morgan fingerprint density at radius 3 is 1.45 bits per heavy atom. The standard InChI is InChI=1S/C12H19O9P/c1-9(13)18-5-3-11(15)7-20-22(17)21-8-12(16)4-6-19-10(2)14/h22H,3-8H2,1-2H3. The van der Waals surface area contributed by atoms with Crippen molar-refractivity contribution in [3.63, 3.8) is 0 Å². The van der Waals surface area contributed by atoms with E-state index in [-0.39, 0.29) is 26.1 Å². The molecule has 0 unspecified atom stereocenters. The van der Waals surface area contributed by atoms with Crippen molar-refractivity contribution in [3.05, 3.63) is 0 Å². The third kappa shape index (κ3) is 13.4. The first-order valence-corrected chi connectivity index (χ1v) is 7.63. The van der Waals surface area contributed by atoms with Crippen LogP contribution in [0.1, 0.15) is 26.7 Å². The first-order valence-electron chi connectivity index (χ1n) is 6.41. The number of hydrogen-bond acceptors (Lipinski definition) is 9. The summed E-state index contributed by atoms with van der Waals surface area (Å²) in [6.45, 7) is 1.36. The molecule has 0 aliphatic carbocycles. The van der Waals surface area contributed by atoms with E-state index in [0.717, 1.165) is 0 Å². The van der Waals surface area contributed by atoms with Crippen LogP contribution in [0.5, 0.6) is 0 Å². The van der Waals surface area contributed by atoms with Crippen LogP contribution in [-0.4, -0.2) is 49.9 Å². The maximum atomic E-state index is 11.3. The lowest BCUT2D eigenvalue weighted by Gasteiger charge is -2.05. The van der Waals surface area contributed by atoms with Gasteiger partial charge in [-0.2, -0.15) is 0 Å². The molecule has 0 aromatic rings. The van der Waals surface area contributed by atoms with E-state index in [9.17, 15) is 23.7 Å². The number of carbonyl (C=O) groups is 4. The van der Waals surface area contributed by atoms with E-state index in [1.54, 1.807) is 0 Å². The third-order valence-electron chi connectivity index (χ3n) is 2.07. The minimum atomic E-state index is -2.97. The van der Waals surface area contributed by atoms with Crippen LogP contribution in [0.3, 0.4) is 0 Å². The summed E-state index contributed by atoms with van der Waals surface area (Å²) in [5.41, 5.74) is 0. The Hall–Kier alpha value is -1.57. The van der Waals surface area contributed by atoms with Crippen LogP contribution in [0, 0.1) is 0 Å². The number of carbonyl (C=O) groups excluding carboxylic acids is 4. The highest BCUT2D eigenvalue weighted by molar-refractivity contribution is 7.33. The van der Waals surface area contributed by atoms with E-state index in [4.69, 9.17) is 0 Å². The molecule has 0 bridgehead atoms. The van der Waals surface area contributed by atoms with Gasteiger partial charge in [-0.15, -0.1) is 0 Å². The van der Waals surface area contributed by atoms with Crippen LogP contribution in [0.4, 0.5) is 0 Å². The highest BCUT2D eigenvalue weighted by Gasteiger charge is 2.10. The van der Waals surface area contributed by atoms with Gasteiger partial charge in [-0.3, -0.25) is 23.7 Å². The molecule has 0 heterocycles. The van der Waals surface area contributed by atoms with Crippen molar-refractivity contribution in [2.75, 3.05) is 26.4 Å². The highest BCUT2D eigenvalue weighted by Crippen LogP contribution is 2.23. The maximum Gasteiger partial charge on any atom is 0.319 e. The molecule has 9 nitrogen and oxygen atoms in total. The first-order chi connectivity index (χ1) is 10.3. The van der Waals surface area contributed by atoms with Gasteiger partial charge in [-0.25, -0.2) is 0 Å². The third-order valence-corrected chi connectivity index (χ3v) is 2.83. The Bertz CT molecular complexity index is 394. The Morgan fingerprint density at radius 1 is 0.773 bits per heavy atom. The zero-order valence-corrected chi connectivity index (χ0v) is 13.4. The molecule has 126 valence electrons. The summed E-state index contributed by atoms with van der Waals surface area (Å²) in [4.78, 5) is 43.5. The van der Waals surface area contributed by atoms with Crippen molar-refractivity contribution in [3.8, 4) is 0 Å². The summed E-state index contributed by atoms with van der Waals surface area (Å²) in [5, 5.41) is 0. The molecule has 0 aromatic carbocycles. The van der Waals surface area contributed by atoms with Gasteiger partial charge in [0, 0.05) is 26.7 Å². The van der Waals surface area contributed by atoms with Gasteiger partial charge in [0.2, 0.25) is 0 Å². The monoisotopic (exact) mass is 338 g/mol. The zero-order chi connectivity index (χ0) is 17.0. The fourth-order valence-corrected chi connectivity index (χ4v) is 1.72. The Morgan fingerprint density at radius 2 is 1.14 bits per heavy atom. The summed E-state index contributed by atoms with van der Waals surface area (Å²) in [5.74, 6) is -1.83. The SMILES string of the molecule is CC(=O)OCCC(=O)CO[PH](=O)OCC(=O)CCOC(C)=O. The van der Waals surface area contributed by atoms with E-state index in [1.807, 2.05) is 0 Å². The van der Waals surface area contributed by atoms with E-state index in [1.165, 1.54) is 13.8 Å². The fraction of sp³-hybridized carbons (Fsp3) is 0.667. The fourth-order valence-electron chi connectivity index (χ4n) is 1.08. The number of ketones is 2. The van der Waals surface area contributed by atoms with Crippen LogP contribution in [-0.2, 0) is 42.3 Å². The highest BCUT2D eigenvalue weighted by atomic mass is 31.1. The lowest BCUT2D eigenvalue weighted by molar-refractivity contribution is -0.143. The second-order valence-corrected chi connectivity index (χ2v) is 5.16. The molecule has 0 aliphatic heterocycles. The van der Waals surface area contributed by atoms with E-state index >= 15 is 0 Å². The van der Waals surface area contributed by atoms with Crippen molar-refractivity contribution in [2.24, 2.45) is 0 Å². The van der Waals surface area contributed by atoms with Gasteiger partial charge >= 0.3 is 20.2 Å². The molecule has 0 atom stereocenters. The predicted molar refractivity (Wildman–Crippen MR) is 73.4 cm³/mol. The van der Waals surface area contributed by atoms with Gasteiger partial charge in [0.15, 0.2) is 11.6 Å². The minimum Gasteiger partial charge on any atom is -0.465 e. The van der Waals surface area contributed by atoms with Crippen molar-refractivity contribution in [2.45, 2.75) is 26.7 Å². The van der Waals surface area contributed by atoms with Gasteiger partial charge in [-0.1, -0.05) is 0 Å². The van der Waals surface area contributed by atoms with E-state index in [0.29, 0.717) is 0 Å². The lowest BCUT2D eigenvalue weighted by Crippen LogP contribution is -2.13. The molecule has 0 saturated heterocycles. The van der Waals surface area contributed by atoms with Crippen LogP contribution in [0.15, 0.2) is 0 Å². The minimum absolute atomic E-state index is 0.0595. The molecule has 0 saturated carbocycles. The predicted octanol–water partition coefficient (Wildman–Crippen LogP) is 0.454. The normalized spacial score (nSPS) is 10.3. The molecular weight excluding hydrogens is 319 g/mol. The molecule has 0 radical (unpaired) electrons. The van der Waals surface area contributed by atoms with E-state index in [2.05, 4.69) is 18.5 Å². The van der Waals surface area contributed by atoms with Gasteiger partial charge in [0.25, 0.3) is 0 Å². The topological polar surface area (TPSA) is 122 Å². The Kier molecular flexibility index (Phi) is 11.2. The van der Waals surface area contributed by atoms with Gasteiger partial charge < -0.3 is 18.5 Å². The molecule has 0 fully saturated rings. The molecule has 10 heteroatoms. The lowest BCUT2D eigenvalue weighted by atomic mass is 10.3. The summed E-state index contributed by atoms with van der Waals surface area (Å²) in [7, 11) is -2.97. The quantitative estimate of drug-likeness (QED) is 0.368. The average molecular weight is 338 g/mol. The van der Waals surface area contributed by atoms with Crippen LogP contribution in [0.25, 0.3) is 0 Å². The van der Waals surface area contributed by atoms with Crippen molar-refractivity contribution < 1.29 is 42.3 Å². The summed E-state index contributed by atoms with van der Waals surface area (Å²) in [6.07, 6.45) is -0.119. The van der Waals surface area contributed by atoms with Gasteiger partial charge in [0.1, 0.15) is 13.2 Å². The zero-order valence-electron chi connectivity index (χ0n) is 12.4. The molecule has 0 aromatic heterocycles. The number of rotatable bonds is 12. The second-order valence-electron chi connectivity index (χ2n) is 4.08. The summed E-state index contributed by atoms with van der Waals surface area (Å²) < 4.78 is 29.7. The molecule has 0 aliphatic rings. The van der Waals surface area contributed by atoms with Crippen LogP contribution < -0.4 is 0 Å². The molecule has 0 spiro atoms. The molecule has 0 rings (SSSR count). The van der Waals surface area contributed by atoms with Crippen molar-refractivity contribution in [1.82, 2.24) is 0 Å². The van der Waals surface area contributed by atoms with Crippen LogP contribution in [0.2, 0.25) is 0 Å². The number of Topliss-reactive ketones (excluding diaryl/α,β-unsaturated/α-hetero) is 2. The molecule has 22 heavy (non-hydrogen) atoms. The van der Waals surface area contributed by atoms with Crippen molar-refractivity contribution in [1.29, 1.82) is 0 Å². The summed E-state index contributed by atoms with van der Waals surface area (Å²) in [6, 6.07) is 0. The average Bonchev–Trinajstić information content (AvgIpc) is 2.42. The first kappa shape index (κ1) is 20.4.